The van der Waals surface area contributed by atoms with Crippen LogP contribution in [0.2, 0.25) is 0 Å². The predicted molar refractivity (Wildman–Crippen MR) is 83.9 cm³/mol. The zero-order valence-electron chi connectivity index (χ0n) is 13.2. The van der Waals surface area contributed by atoms with Crippen LogP contribution in [0.3, 0.4) is 0 Å². The Morgan fingerprint density at radius 1 is 1.20 bits per heavy atom. The minimum atomic E-state index is -4.43. The molecule has 1 aliphatic heterocycles. The number of carbonyl (C=O) groups is 1. The first-order valence-electron chi connectivity index (χ1n) is 7.66. The van der Waals surface area contributed by atoms with Crippen LogP contribution in [0, 0.1) is 0 Å². The normalized spacial score (nSPS) is 13.4. The van der Waals surface area contributed by atoms with Crippen LogP contribution in [-0.2, 0) is 19.6 Å². The van der Waals surface area contributed by atoms with Crippen molar-refractivity contribution in [1.82, 2.24) is 15.6 Å². The molecule has 0 aliphatic carbocycles. The maximum Gasteiger partial charge on any atom is 0.422 e. The van der Waals surface area contributed by atoms with Crippen LogP contribution in [0.15, 0.2) is 36.5 Å². The fraction of sp³-hybridized carbons (Fsp3) is 0.294. The summed E-state index contributed by atoms with van der Waals surface area (Å²) in [4.78, 5) is 15.8. The summed E-state index contributed by atoms with van der Waals surface area (Å²) in [5, 5.41) is 6.01. The summed E-state index contributed by atoms with van der Waals surface area (Å²) < 4.78 is 40.7. The van der Waals surface area contributed by atoms with Crippen molar-refractivity contribution in [2.45, 2.75) is 25.8 Å². The van der Waals surface area contributed by atoms with Gasteiger partial charge in [0.05, 0.1) is 5.56 Å². The van der Waals surface area contributed by atoms with Crippen LogP contribution in [-0.4, -0.2) is 23.7 Å². The molecule has 0 atom stereocenters. The molecule has 1 aromatic heterocycles. The number of pyridine rings is 1. The second-order valence-electron chi connectivity index (χ2n) is 5.68. The van der Waals surface area contributed by atoms with Gasteiger partial charge >= 0.3 is 6.18 Å². The summed E-state index contributed by atoms with van der Waals surface area (Å²) in [7, 11) is 0. The van der Waals surface area contributed by atoms with Gasteiger partial charge in [-0.05, 0) is 22.8 Å². The summed E-state index contributed by atoms with van der Waals surface area (Å²) in [6.45, 7) is 0.619. The molecule has 8 heteroatoms. The number of fused-ring (bicyclic) bond motifs is 1. The number of ether oxygens (including phenoxy) is 1. The van der Waals surface area contributed by atoms with E-state index in [1.807, 2.05) is 18.2 Å². The summed E-state index contributed by atoms with van der Waals surface area (Å²) in [6, 6.07) is 8.65. The number of rotatable bonds is 5. The number of hydrogen-bond donors (Lipinski definition) is 2. The molecule has 1 aromatic carbocycles. The van der Waals surface area contributed by atoms with Crippen molar-refractivity contribution in [3.05, 3.63) is 58.8 Å². The molecule has 0 spiro atoms. The first-order valence-corrected chi connectivity index (χ1v) is 7.66. The highest BCUT2D eigenvalue weighted by atomic mass is 19.4. The van der Waals surface area contributed by atoms with E-state index in [1.54, 1.807) is 0 Å². The van der Waals surface area contributed by atoms with Crippen molar-refractivity contribution in [3.63, 3.8) is 0 Å². The highest BCUT2D eigenvalue weighted by Crippen LogP contribution is 2.18. The Labute approximate surface area is 142 Å². The molecule has 2 heterocycles. The van der Waals surface area contributed by atoms with E-state index in [1.165, 1.54) is 29.5 Å². The van der Waals surface area contributed by atoms with Gasteiger partial charge in [0.25, 0.3) is 5.91 Å². The summed E-state index contributed by atoms with van der Waals surface area (Å²) in [5.41, 5.74) is 3.71. The molecular formula is C17H16F3N3O2. The minimum Gasteiger partial charge on any atom is -0.468 e. The number of nitrogens with one attached hydrogen (secondary N) is 2. The van der Waals surface area contributed by atoms with Crippen molar-refractivity contribution in [1.29, 1.82) is 0 Å². The predicted octanol–water partition coefficient (Wildman–Crippen LogP) is 2.56. The maximum atomic E-state index is 12.1. The molecule has 0 fully saturated rings. The average Bonchev–Trinajstić information content (AvgIpc) is 3.05. The lowest BCUT2D eigenvalue weighted by Crippen LogP contribution is -2.23. The smallest absolute Gasteiger partial charge is 0.422 e. The van der Waals surface area contributed by atoms with Gasteiger partial charge in [0, 0.05) is 31.9 Å². The Kier molecular flexibility index (Phi) is 4.89. The number of hydrogen-bond acceptors (Lipinski definition) is 4. The van der Waals surface area contributed by atoms with Gasteiger partial charge in [-0.25, -0.2) is 4.98 Å². The van der Waals surface area contributed by atoms with E-state index in [9.17, 15) is 18.0 Å². The topological polar surface area (TPSA) is 63.2 Å². The van der Waals surface area contributed by atoms with E-state index in [0.29, 0.717) is 6.54 Å². The number of alkyl halides is 3. The van der Waals surface area contributed by atoms with Crippen LogP contribution in [0.1, 0.15) is 27.0 Å². The first-order chi connectivity index (χ1) is 11.9. The van der Waals surface area contributed by atoms with E-state index in [2.05, 4.69) is 20.4 Å². The standard InChI is InChI=1S/C17H16F3N3O2/c18-17(19,20)10-25-15-4-3-13(9-22-15)16(24)23-6-11-1-2-12-7-21-8-14(12)5-11/h1-5,9,21H,6-8,10H2,(H,23,24). The second kappa shape index (κ2) is 7.10. The number of amides is 1. The highest BCUT2D eigenvalue weighted by molar-refractivity contribution is 5.93. The Morgan fingerprint density at radius 3 is 2.72 bits per heavy atom. The van der Waals surface area contributed by atoms with Crippen molar-refractivity contribution < 1.29 is 22.7 Å². The van der Waals surface area contributed by atoms with Crippen molar-refractivity contribution >= 4 is 5.91 Å². The van der Waals surface area contributed by atoms with E-state index in [-0.39, 0.29) is 17.4 Å². The first kappa shape index (κ1) is 17.2. The van der Waals surface area contributed by atoms with Crippen LogP contribution in [0.5, 0.6) is 5.88 Å². The number of carbonyl (C=O) groups excluding carboxylic acids is 1. The number of benzene rings is 1. The highest BCUT2D eigenvalue weighted by Gasteiger charge is 2.28. The molecule has 2 N–H and O–H groups in total. The molecule has 0 bridgehead atoms. The van der Waals surface area contributed by atoms with Gasteiger partial charge in [-0.3, -0.25) is 4.79 Å². The molecule has 1 amide bonds. The Bertz CT molecular complexity index is 761. The molecular weight excluding hydrogens is 335 g/mol. The third-order valence-electron chi connectivity index (χ3n) is 3.74. The van der Waals surface area contributed by atoms with Crippen molar-refractivity contribution in [2.75, 3.05) is 6.61 Å². The molecule has 132 valence electrons. The molecule has 0 unspecified atom stereocenters. The summed E-state index contributed by atoms with van der Waals surface area (Å²) in [5.74, 6) is -0.534. The molecule has 0 radical (unpaired) electrons. The van der Waals surface area contributed by atoms with Gasteiger partial charge in [-0.2, -0.15) is 13.2 Å². The van der Waals surface area contributed by atoms with E-state index < -0.39 is 12.8 Å². The largest absolute Gasteiger partial charge is 0.468 e. The lowest BCUT2D eigenvalue weighted by molar-refractivity contribution is -0.154. The average molecular weight is 351 g/mol. The SMILES string of the molecule is O=C(NCc1ccc2c(c1)CNC2)c1ccc(OCC(F)(F)F)nc1. The molecule has 0 saturated carbocycles. The van der Waals surface area contributed by atoms with Crippen LogP contribution >= 0.6 is 0 Å². The van der Waals surface area contributed by atoms with E-state index >= 15 is 0 Å². The van der Waals surface area contributed by atoms with Gasteiger partial charge in [0.15, 0.2) is 6.61 Å². The van der Waals surface area contributed by atoms with Gasteiger partial charge in [0.2, 0.25) is 5.88 Å². The monoisotopic (exact) mass is 351 g/mol. The fourth-order valence-electron chi connectivity index (χ4n) is 2.50. The molecule has 1 aliphatic rings. The maximum absolute atomic E-state index is 12.1. The molecule has 5 nitrogen and oxygen atoms in total. The Balaban J connectivity index is 1.54. The fourth-order valence-corrected chi connectivity index (χ4v) is 2.50. The lowest BCUT2D eigenvalue weighted by atomic mass is 10.1. The van der Waals surface area contributed by atoms with Crippen molar-refractivity contribution in [2.24, 2.45) is 0 Å². The summed E-state index contributed by atoms with van der Waals surface area (Å²) in [6.07, 6.45) is -3.24. The second-order valence-corrected chi connectivity index (χ2v) is 5.68. The third-order valence-corrected chi connectivity index (χ3v) is 3.74. The van der Waals surface area contributed by atoms with Crippen molar-refractivity contribution in [3.8, 4) is 5.88 Å². The molecule has 2 aromatic rings. The quantitative estimate of drug-likeness (QED) is 0.869. The van der Waals surface area contributed by atoms with Gasteiger partial charge in [-0.15, -0.1) is 0 Å². The zero-order chi connectivity index (χ0) is 17.9. The number of nitrogens with zero attached hydrogens (tertiary/aromatic N) is 1. The Morgan fingerprint density at radius 2 is 2.00 bits per heavy atom. The van der Waals surface area contributed by atoms with Crippen LogP contribution < -0.4 is 15.4 Å². The molecule has 25 heavy (non-hydrogen) atoms. The van der Waals surface area contributed by atoms with E-state index in [4.69, 9.17) is 0 Å². The zero-order valence-corrected chi connectivity index (χ0v) is 13.2. The summed E-state index contributed by atoms with van der Waals surface area (Å²) >= 11 is 0. The molecule has 3 rings (SSSR count). The molecule has 0 saturated heterocycles. The number of halogens is 3. The van der Waals surface area contributed by atoms with Crippen LogP contribution in [0.25, 0.3) is 0 Å². The minimum absolute atomic E-state index is 0.181. The third kappa shape index (κ3) is 4.69. The van der Waals surface area contributed by atoms with E-state index in [0.717, 1.165) is 18.7 Å². The lowest BCUT2D eigenvalue weighted by Gasteiger charge is -2.09. The Hall–Kier alpha value is -2.61. The van der Waals surface area contributed by atoms with Crippen LogP contribution in [0.4, 0.5) is 13.2 Å². The number of aromatic nitrogens is 1. The van der Waals surface area contributed by atoms with Gasteiger partial charge in [0.1, 0.15) is 0 Å². The van der Waals surface area contributed by atoms with Gasteiger partial charge in [-0.1, -0.05) is 18.2 Å². The van der Waals surface area contributed by atoms with Gasteiger partial charge < -0.3 is 15.4 Å².